The highest BCUT2D eigenvalue weighted by Crippen LogP contribution is 2.48. The van der Waals surface area contributed by atoms with Crippen molar-refractivity contribution in [3.8, 4) is 0 Å². The third-order valence-electron chi connectivity index (χ3n) is 11.4. The van der Waals surface area contributed by atoms with E-state index in [1.54, 1.807) is 0 Å². The SMILES string of the molecule is N[C@H](C(=O)NCCCC[C@H](NC(=O)N[C@@H](CCC(=O)O)C(=O)O)C(=O)O)C1CC2(N(Cc3nccn3CC(=O)N(CC(=O)O)CC(=O)O)Cc3nccn3CC(=O)N(CC(=O)O)CC(=O)O)CC1N2. The topological polar surface area (TPSA) is 449 Å². The molecule has 2 bridgehead atoms. The van der Waals surface area contributed by atoms with Gasteiger partial charge < -0.3 is 76.4 Å². The van der Waals surface area contributed by atoms with Crippen LogP contribution in [0.3, 0.4) is 0 Å². The van der Waals surface area contributed by atoms with Gasteiger partial charge in [0.2, 0.25) is 17.7 Å². The van der Waals surface area contributed by atoms with Gasteiger partial charge >= 0.3 is 47.8 Å². The molecular formula is C39H54N12O18. The monoisotopic (exact) mass is 978 g/mol. The Labute approximate surface area is 390 Å². The van der Waals surface area contributed by atoms with Crippen molar-refractivity contribution in [1.29, 1.82) is 0 Å². The summed E-state index contributed by atoms with van der Waals surface area (Å²) in [6.45, 7) is -4.61. The molecule has 2 aromatic heterocycles. The van der Waals surface area contributed by atoms with Crippen LogP contribution in [-0.2, 0) is 74.1 Å². The summed E-state index contributed by atoms with van der Waals surface area (Å²) in [5, 5.41) is 75.2. The molecule has 2 aromatic rings. The van der Waals surface area contributed by atoms with E-state index in [0.717, 1.165) is 0 Å². The molecule has 3 fully saturated rings. The van der Waals surface area contributed by atoms with Crippen molar-refractivity contribution in [3.05, 3.63) is 36.4 Å². The lowest BCUT2D eigenvalue weighted by molar-refractivity contribution is -0.150. The van der Waals surface area contributed by atoms with Gasteiger partial charge in [0.05, 0.1) is 24.8 Å². The first-order valence-corrected chi connectivity index (χ1v) is 21.2. The van der Waals surface area contributed by atoms with E-state index in [-0.39, 0.29) is 63.0 Å². The number of imidazole rings is 2. The Kier molecular flexibility index (Phi) is 19.0. The Morgan fingerprint density at radius 3 is 1.55 bits per heavy atom. The van der Waals surface area contributed by atoms with Gasteiger partial charge in [0.1, 0.15) is 63.0 Å². The number of urea groups is 1. The highest BCUT2D eigenvalue weighted by molar-refractivity contribution is 5.87. The number of nitrogens with one attached hydrogen (secondary N) is 4. The van der Waals surface area contributed by atoms with Crippen molar-refractivity contribution in [1.82, 2.24) is 55.1 Å². The van der Waals surface area contributed by atoms with Crippen molar-refractivity contribution in [3.63, 3.8) is 0 Å². The number of carboxylic acids is 7. The van der Waals surface area contributed by atoms with Gasteiger partial charge in [-0.2, -0.15) is 0 Å². The summed E-state index contributed by atoms with van der Waals surface area (Å²) in [6.07, 6.45) is 5.56. The molecule has 0 radical (unpaired) electrons. The van der Waals surface area contributed by atoms with Crippen molar-refractivity contribution in [2.24, 2.45) is 11.7 Å². The fourth-order valence-electron chi connectivity index (χ4n) is 8.07. The lowest BCUT2D eigenvalue weighted by atomic mass is 9.94. The van der Waals surface area contributed by atoms with E-state index in [1.165, 1.54) is 33.9 Å². The van der Waals surface area contributed by atoms with Gasteiger partial charge in [0, 0.05) is 49.7 Å². The van der Waals surface area contributed by atoms with E-state index < -0.39 is 147 Å². The Morgan fingerprint density at radius 1 is 0.681 bits per heavy atom. The number of hydrogen-bond donors (Lipinski definition) is 12. The molecule has 6 atom stereocenters. The summed E-state index contributed by atoms with van der Waals surface area (Å²) in [7, 11) is 0. The molecule has 1 saturated carbocycles. The van der Waals surface area contributed by atoms with Crippen molar-refractivity contribution in [2.75, 3.05) is 32.7 Å². The fourth-order valence-corrected chi connectivity index (χ4v) is 8.07. The Hall–Kier alpha value is -7.73. The van der Waals surface area contributed by atoms with Crippen LogP contribution in [0.2, 0.25) is 0 Å². The van der Waals surface area contributed by atoms with Gasteiger partial charge in [-0.3, -0.25) is 48.6 Å². The molecule has 30 nitrogen and oxygen atoms in total. The molecule has 3 aliphatic rings. The second-order valence-corrected chi connectivity index (χ2v) is 16.4. The standard InChI is InChI=1S/C39H54N12O18/c40-34(35(64)43-6-2-1-3-22(36(65)66)44-38(69)45-23(37(67)68)4-5-29(54)55)21-11-39(12-24(21)46-39)51(13-25-41-7-9-47(25)15-27(52)49(17-30(56)57)18-31(58)59)14-26-42-8-10-48(26)16-28(53)50(19-32(60)61)20-33(62)63/h7-10,21-24,34,46H,1-6,11-20,40H2,(H,43,64)(H,54,55)(H,56,57)(H,58,59)(H,60,61)(H,62,63)(H,65,66)(H,67,68)(H2,44,45,69)/t21?,22-,23-,24?,34-,39?/m0/s1. The van der Waals surface area contributed by atoms with Gasteiger partial charge in [0.25, 0.3) is 0 Å². The molecule has 0 aromatic carbocycles. The summed E-state index contributed by atoms with van der Waals surface area (Å²) in [4.78, 5) is 144. The van der Waals surface area contributed by atoms with Crippen LogP contribution in [0.4, 0.5) is 4.79 Å². The molecule has 0 spiro atoms. The van der Waals surface area contributed by atoms with Gasteiger partial charge in [0.15, 0.2) is 0 Å². The first-order chi connectivity index (χ1) is 32.5. The highest BCUT2D eigenvalue weighted by Gasteiger charge is 2.61. The Bertz CT molecular complexity index is 2140. The fraction of sp³-hybridized carbons (Fsp3) is 0.564. The maximum Gasteiger partial charge on any atom is 0.326 e. The number of rotatable bonds is 31. The minimum atomic E-state index is -1.58. The highest BCUT2D eigenvalue weighted by atomic mass is 16.4. The molecular weight excluding hydrogens is 924 g/mol. The number of aliphatic carboxylic acids is 7. The van der Waals surface area contributed by atoms with Crippen LogP contribution in [0.5, 0.6) is 0 Å². The summed E-state index contributed by atoms with van der Waals surface area (Å²) < 4.78 is 2.78. The van der Waals surface area contributed by atoms with Crippen LogP contribution in [0.15, 0.2) is 24.8 Å². The summed E-state index contributed by atoms with van der Waals surface area (Å²) in [6, 6.07) is -5.53. The van der Waals surface area contributed by atoms with Crippen LogP contribution < -0.4 is 27.0 Å². The zero-order chi connectivity index (χ0) is 51.2. The minimum absolute atomic E-state index is 0.0545. The first kappa shape index (κ1) is 53.9. The van der Waals surface area contributed by atoms with Crippen LogP contribution in [0, 0.1) is 5.92 Å². The van der Waals surface area contributed by atoms with Crippen LogP contribution in [-0.4, -0.2) is 198 Å². The molecule has 5 rings (SSSR count). The number of hydrogen-bond acceptors (Lipinski definition) is 16. The van der Waals surface area contributed by atoms with Crippen LogP contribution >= 0.6 is 0 Å². The van der Waals surface area contributed by atoms with Gasteiger partial charge in [-0.25, -0.2) is 24.4 Å². The number of fused-ring (bicyclic) bond motifs is 1. The molecule has 2 saturated heterocycles. The predicted molar refractivity (Wildman–Crippen MR) is 226 cm³/mol. The molecule has 3 unspecified atom stereocenters. The summed E-state index contributed by atoms with van der Waals surface area (Å²) in [5.41, 5.74) is 5.60. The average molecular weight is 979 g/mol. The maximum atomic E-state index is 13.4. The van der Waals surface area contributed by atoms with E-state index in [2.05, 4.69) is 25.9 Å². The molecule has 4 heterocycles. The van der Waals surface area contributed by atoms with Gasteiger partial charge in [-0.15, -0.1) is 0 Å². The van der Waals surface area contributed by atoms with Crippen molar-refractivity contribution >= 4 is 65.5 Å². The number of unbranched alkanes of at least 4 members (excludes halogenated alkanes) is 1. The number of nitrogens with zero attached hydrogens (tertiary/aromatic N) is 7. The van der Waals surface area contributed by atoms with E-state index >= 15 is 0 Å². The third-order valence-corrected chi connectivity index (χ3v) is 11.4. The smallest absolute Gasteiger partial charge is 0.326 e. The lowest BCUT2D eigenvalue weighted by Gasteiger charge is -2.48. The van der Waals surface area contributed by atoms with Crippen LogP contribution in [0.25, 0.3) is 0 Å². The van der Waals surface area contributed by atoms with E-state index in [0.29, 0.717) is 16.2 Å². The largest absolute Gasteiger partial charge is 0.481 e. The number of amides is 5. The zero-order valence-electron chi connectivity index (χ0n) is 36.8. The average Bonchev–Trinajstić information content (AvgIpc) is 4.04. The maximum absolute atomic E-state index is 13.4. The number of carboxylic acid groups (broad SMARTS) is 7. The third kappa shape index (κ3) is 15.7. The molecule has 69 heavy (non-hydrogen) atoms. The Morgan fingerprint density at radius 2 is 1.13 bits per heavy atom. The molecule has 378 valence electrons. The Balaban J connectivity index is 1.45. The molecule has 13 N–H and O–H groups in total. The van der Waals surface area contributed by atoms with Crippen LogP contribution in [0.1, 0.15) is 56.6 Å². The minimum Gasteiger partial charge on any atom is -0.481 e. The first-order valence-electron chi connectivity index (χ1n) is 21.2. The predicted octanol–water partition coefficient (Wildman–Crippen LogP) is -4.16. The number of carbonyl (C=O) groups excluding carboxylic acids is 4. The lowest BCUT2D eigenvalue weighted by Crippen LogP contribution is -2.66. The molecule has 2 aliphatic heterocycles. The second-order valence-electron chi connectivity index (χ2n) is 16.4. The molecule has 1 aliphatic carbocycles. The van der Waals surface area contributed by atoms with E-state index in [4.69, 9.17) is 10.8 Å². The summed E-state index contributed by atoms with van der Waals surface area (Å²) in [5.74, 6) is -12.2. The molecule has 5 amide bonds. The molecule has 30 heteroatoms. The van der Waals surface area contributed by atoms with Gasteiger partial charge in [-0.05, 0) is 38.5 Å². The van der Waals surface area contributed by atoms with E-state index in [1.807, 2.05) is 10.2 Å². The quantitative estimate of drug-likeness (QED) is 0.0319. The normalized spacial score (nSPS) is 18.2. The van der Waals surface area contributed by atoms with E-state index in [9.17, 15) is 83.4 Å². The number of nitrogens with two attached hydrogens (primary N) is 1. The van der Waals surface area contributed by atoms with Crippen molar-refractivity contribution < 1.29 is 88.5 Å². The van der Waals surface area contributed by atoms with Gasteiger partial charge in [-0.1, -0.05) is 0 Å². The number of carbonyl (C=O) groups is 11. The zero-order valence-corrected chi connectivity index (χ0v) is 36.8. The second kappa shape index (κ2) is 24.3. The number of aromatic nitrogens is 4. The van der Waals surface area contributed by atoms with Crippen molar-refractivity contribution in [2.45, 2.75) is 101 Å². The summed E-state index contributed by atoms with van der Waals surface area (Å²) >= 11 is 0.